The van der Waals surface area contributed by atoms with Gasteiger partial charge in [-0.3, -0.25) is 9.69 Å². The van der Waals surface area contributed by atoms with Gasteiger partial charge < -0.3 is 14.4 Å². The van der Waals surface area contributed by atoms with Crippen molar-refractivity contribution in [1.82, 2.24) is 9.80 Å². The van der Waals surface area contributed by atoms with Crippen molar-refractivity contribution < 1.29 is 14.3 Å². The number of likely N-dealkylation sites (tertiary alicyclic amines) is 1. The molecule has 0 radical (unpaired) electrons. The van der Waals surface area contributed by atoms with Crippen LogP contribution < -0.4 is 4.74 Å². The van der Waals surface area contributed by atoms with Crippen molar-refractivity contribution in [3.8, 4) is 5.75 Å². The number of hydrogen-bond donors (Lipinski definition) is 0. The number of morpholine rings is 1. The number of ether oxygens (including phenoxy) is 2. The van der Waals surface area contributed by atoms with Crippen LogP contribution in [0.2, 0.25) is 0 Å². The molecule has 1 aromatic carbocycles. The van der Waals surface area contributed by atoms with E-state index in [0.29, 0.717) is 6.10 Å². The van der Waals surface area contributed by atoms with E-state index >= 15 is 0 Å². The first-order valence-corrected chi connectivity index (χ1v) is 10.5. The van der Waals surface area contributed by atoms with Gasteiger partial charge in [0.25, 0.3) is 0 Å². The van der Waals surface area contributed by atoms with Gasteiger partial charge in [0.05, 0.1) is 18.3 Å². The Labute approximate surface area is 162 Å². The summed E-state index contributed by atoms with van der Waals surface area (Å²) >= 11 is 0. The first-order chi connectivity index (χ1) is 13.1. The molecule has 1 saturated carbocycles. The predicted octanol–water partition coefficient (Wildman–Crippen LogP) is 3.22. The molecule has 1 spiro atoms. The smallest absolute Gasteiger partial charge is 0.219 e. The van der Waals surface area contributed by atoms with E-state index in [9.17, 15) is 4.79 Å². The molecule has 4 rings (SSSR count). The maximum absolute atomic E-state index is 11.6. The molecule has 2 heterocycles. The summed E-state index contributed by atoms with van der Waals surface area (Å²) in [4.78, 5) is 16.1. The molecule has 148 valence electrons. The van der Waals surface area contributed by atoms with Crippen LogP contribution in [0.25, 0.3) is 0 Å². The van der Waals surface area contributed by atoms with Crippen LogP contribution in [0.1, 0.15) is 51.0 Å². The van der Waals surface area contributed by atoms with Gasteiger partial charge >= 0.3 is 0 Å². The van der Waals surface area contributed by atoms with Crippen molar-refractivity contribution in [1.29, 1.82) is 0 Å². The van der Waals surface area contributed by atoms with E-state index in [-0.39, 0.29) is 11.5 Å². The molecule has 2 aliphatic heterocycles. The minimum Gasteiger partial charge on any atom is -0.490 e. The Morgan fingerprint density at radius 3 is 2.67 bits per heavy atom. The highest BCUT2D eigenvalue weighted by Gasteiger charge is 2.40. The number of benzene rings is 1. The zero-order chi connectivity index (χ0) is 18.7. The third-order valence-electron chi connectivity index (χ3n) is 6.41. The Kier molecular flexibility index (Phi) is 5.69. The number of carbonyl (C=O) groups excluding carboxylic acids is 1. The number of hydrogen-bond acceptors (Lipinski definition) is 4. The molecular weight excluding hydrogens is 340 g/mol. The van der Waals surface area contributed by atoms with E-state index in [1.807, 2.05) is 4.90 Å². The molecule has 0 bridgehead atoms. The van der Waals surface area contributed by atoms with Gasteiger partial charge in [-0.2, -0.15) is 0 Å². The Bertz CT molecular complexity index is 649. The minimum atomic E-state index is -0.0918. The first-order valence-electron chi connectivity index (χ1n) is 10.5. The zero-order valence-corrected chi connectivity index (χ0v) is 16.5. The fourth-order valence-electron chi connectivity index (χ4n) is 4.77. The van der Waals surface area contributed by atoms with Crippen molar-refractivity contribution in [3.63, 3.8) is 0 Å². The van der Waals surface area contributed by atoms with Gasteiger partial charge in [-0.05, 0) is 44.6 Å². The van der Waals surface area contributed by atoms with Crippen LogP contribution in [-0.2, 0) is 16.1 Å². The Hall–Kier alpha value is -1.59. The summed E-state index contributed by atoms with van der Waals surface area (Å²) in [6.45, 7) is 6.85. The number of carbonyl (C=O) groups is 1. The molecule has 1 aliphatic carbocycles. The summed E-state index contributed by atoms with van der Waals surface area (Å²) in [7, 11) is 0. The molecule has 0 aromatic heterocycles. The molecule has 2 saturated heterocycles. The topological polar surface area (TPSA) is 42.0 Å². The highest BCUT2D eigenvalue weighted by atomic mass is 16.5. The quantitative estimate of drug-likeness (QED) is 0.814. The van der Waals surface area contributed by atoms with E-state index < -0.39 is 0 Å². The SMILES string of the molecule is CC(=O)N1CCC2(CC1)CN(Cc1ccccc1OC1CCCC1)CCO2. The molecule has 5 heteroatoms. The second-order valence-corrected chi connectivity index (χ2v) is 8.38. The fourth-order valence-corrected chi connectivity index (χ4v) is 4.77. The number of para-hydroxylation sites is 1. The molecule has 0 N–H and O–H groups in total. The zero-order valence-electron chi connectivity index (χ0n) is 16.5. The molecular formula is C22H32N2O3. The molecule has 3 aliphatic rings. The summed E-state index contributed by atoms with van der Waals surface area (Å²) < 4.78 is 12.6. The summed E-state index contributed by atoms with van der Waals surface area (Å²) in [5, 5.41) is 0. The molecule has 0 unspecified atom stereocenters. The predicted molar refractivity (Wildman–Crippen MR) is 105 cm³/mol. The first kappa shape index (κ1) is 18.8. The largest absolute Gasteiger partial charge is 0.490 e. The van der Waals surface area contributed by atoms with Crippen LogP contribution in [0.4, 0.5) is 0 Å². The van der Waals surface area contributed by atoms with Crippen molar-refractivity contribution in [2.45, 2.75) is 63.7 Å². The van der Waals surface area contributed by atoms with Crippen LogP contribution in [0.15, 0.2) is 24.3 Å². The second-order valence-electron chi connectivity index (χ2n) is 8.38. The molecule has 27 heavy (non-hydrogen) atoms. The second kappa shape index (κ2) is 8.19. The van der Waals surface area contributed by atoms with E-state index in [1.165, 1.54) is 31.2 Å². The van der Waals surface area contributed by atoms with Gasteiger partial charge in [0.15, 0.2) is 0 Å². The van der Waals surface area contributed by atoms with Crippen molar-refractivity contribution in [2.75, 3.05) is 32.8 Å². The number of piperidine rings is 1. The lowest BCUT2D eigenvalue weighted by atomic mass is 9.89. The van der Waals surface area contributed by atoms with Crippen LogP contribution in [0.5, 0.6) is 5.75 Å². The van der Waals surface area contributed by atoms with Crippen LogP contribution >= 0.6 is 0 Å². The molecule has 3 fully saturated rings. The highest BCUT2D eigenvalue weighted by molar-refractivity contribution is 5.73. The van der Waals surface area contributed by atoms with E-state index in [0.717, 1.165) is 57.9 Å². The third-order valence-corrected chi connectivity index (χ3v) is 6.41. The van der Waals surface area contributed by atoms with Gasteiger partial charge in [0.1, 0.15) is 5.75 Å². The monoisotopic (exact) mass is 372 g/mol. The standard InChI is InChI=1S/C22H32N2O3/c1-18(25)24-12-10-22(11-13-24)17-23(14-15-26-22)16-19-6-2-5-9-21(19)27-20-7-3-4-8-20/h2,5-6,9,20H,3-4,7-8,10-17H2,1H3. The number of rotatable bonds is 4. The normalized spacial score (nSPS) is 23.7. The van der Waals surface area contributed by atoms with E-state index in [1.54, 1.807) is 6.92 Å². The molecule has 0 atom stereocenters. The lowest BCUT2D eigenvalue weighted by Crippen LogP contribution is -2.57. The number of nitrogens with zero attached hydrogens (tertiary/aromatic N) is 2. The maximum Gasteiger partial charge on any atom is 0.219 e. The summed E-state index contributed by atoms with van der Waals surface area (Å²) in [6.07, 6.45) is 7.19. The minimum absolute atomic E-state index is 0.0918. The van der Waals surface area contributed by atoms with Gasteiger partial charge in [-0.25, -0.2) is 0 Å². The summed E-state index contributed by atoms with van der Waals surface area (Å²) in [5.41, 5.74) is 1.19. The lowest BCUT2D eigenvalue weighted by Gasteiger charge is -2.47. The average molecular weight is 373 g/mol. The summed E-state index contributed by atoms with van der Waals surface area (Å²) in [6, 6.07) is 8.50. The Morgan fingerprint density at radius 2 is 1.93 bits per heavy atom. The average Bonchev–Trinajstić information content (AvgIpc) is 3.17. The van der Waals surface area contributed by atoms with Crippen molar-refractivity contribution in [3.05, 3.63) is 29.8 Å². The highest BCUT2D eigenvalue weighted by Crippen LogP contribution is 2.32. The molecule has 1 aromatic rings. The molecule has 1 amide bonds. The van der Waals surface area contributed by atoms with E-state index in [2.05, 4.69) is 29.2 Å². The maximum atomic E-state index is 11.6. The Morgan fingerprint density at radius 1 is 1.19 bits per heavy atom. The summed E-state index contributed by atoms with van der Waals surface area (Å²) in [5.74, 6) is 1.23. The van der Waals surface area contributed by atoms with Gasteiger partial charge in [-0.15, -0.1) is 0 Å². The fraction of sp³-hybridized carbons (Fsp3) is 0.682. The van der Waals surface area contributed by atoms with Gasteiger partial charge in [-0.1, -0.05) is 18.2 Å². The number of amides is 1. The lowest BCUT2D eigenvalue weighted by molar-refractivity contribution is -0.149. The van der Waals surface area contributed by atoms with Crippen LogP contribution in [-0.4, -0.2) is 60.2 Å². The van der Waals surface area contributed by atoms with Crippen LogP contribution in [0.3, 0.4) is 0 Å². The Balaban J connectivity index is 1.39. The van der Waals surface area contributed by atoms with Crippen LogP contribution in [0, 0.1) is 0 Å². The van der Waals surface area contributed by atoms with Crippen molar-refractivity contribution in [2.24, 2.45) is 0 Å². The van der Waals surface area contributed by atoms with Crippen molar-refractivity contribution >= 4 is 5.91 Å². The van der Waals surface area contributed by atoms with Gasteiger partial charge in [0.2, 0.25) is 5.91 Å². The van der Waals surface area contributed by atoms with E-state index in [4.69, 9.17) is 9.47 Å². The van der Waals surface area contributed by atoms with Gasteiger partial charge in [0, 0.05) is 45.2 Å². The molecule has 5 nitrogen and oxygen atoms in total. The third kappa shape index (κ3) is 4.46.